The Labute approximate surface area is 184 Å². The largest absolute Gasteiger partial charge is 0.497 e. The Morgan fingerprint density at radius 2 is 1.55 bits per heavy atom. The zero-order valence-electron chi connectivity index (χ0n) is 18.7. The second-order valence-electron chi connectivity index (χ2n) is 10.2. The number of esters is 1. The van der Waals surface area contributed by atoms with E-state index < -0.39 is 12.0 Å². The molecule has 4 aliphatic rings. The van der Waals surface area contributed by atoms with Crippen LogP contribution in [0.2, 0.25) is 0 Å². The number of carbonyl (C=O) groups excluding carboxylic acids is 3. The Bertz CT molecular complexity index is 809. The number of benzene rings is 1. The highest BCUT2D eigenvalue weighted by atomic mass is 16.5. The monoisotopic (exact) mass is 427 g/mol. The highest BCUT2D eigenvalue weighted by molar-refractivity contribution is 5.98. The van der Waals surface area contributed by atoms with Crippen molar-refractivity contribution in [1.29, 1.82) is 0 Å². The molecule has 5 rings (SSSR count). The first-order valence-corrected chi connectivity index (χ1v) is 11.4. The summed E-state index contributed by atoms with van der Waals surface area (Å²) in [5.41, 5.74) is 0.133. The lowest BCUT2D eigenvalue weighted by Gasteiger charge is -2.55. The third-order valence-electron chi connectivity index (χ3n) is 7.48. The molecule has 1 aromatic carbocycles. The van der Waals surface area contributed by atoms with Crippen LogP contribution in [0.4, 0.5) is 0 Å². The molecular weight excluding hydrogens is 394 g/mol. The molecule has 1 aromatic rings. The number of ketones is 1. The zero-order chi connectivity index (χ0) is 22.2. The molecule has 0 spiro atoms. The summed E-state index contributed by atoms with van der Waals surface area (Å²) in [7, 11) is 1.56. The molecule has 4 bridgehead atoms. The lowest BCUT2D eigenvalue weighted by molar-refractivity contribution is -0.154. The molecule has 0 unspecified atom stereocenters. The Balaban J connectivity index is 1.36. The zero-order valence-corrected chi connectivity index (χ0v) is 18.7. The van der Waals surface area contributed by atoms with Crippen molar-refractivity contribution in [3.05, 3.63) is 29.8 Å². The second kappa shape index (κ2) is 8.64. The molecule has 4 fully saturated rings. The van der Waals surface area contributed by atoms with Crippen LogP contribution >= 0.6 is 0 Å². The van der Waals surface area contributed by atoms with E-state index >= 15 is 0 Å². The third kappa shape index (κ3) is 4.48. The summed E-state index contributed by atoms with van der Waals surface area (Å²) >= 11 is 0. The van der Waals surface area contributed by atoms with E-state index in [4.69, 9.17) is 9.47 Å². The molecule has 6 nitrogen and oxygen atoms in total. The number of hydrogen-bond acceptors (Lipinski definition) is 5. The van der Waals surface area contributed by atoms with Gasteiger partial charge in [0.15, 0.2) is 12.4 Å². The van der Waals surface area contributed by atoms with E-state index in [1.807, 2.05) is 13.8 Å². The minimum Gasteiger partial charge on any atom is -0.497 e. The number of amides is 1. The SMILES string of the molecule is COc1ccc(C(=O)COC(=O)[C@H](NC(=O)C23CC4CC(CC(C4)C2)C3)C(C)C)cc1. The van der Waals surface area contributed by atoms with Crippen molar-refractivity contribution in [2.75, 3.05) is 13.7 Å². The highest BCUT2D eigenvalue weighted by Gasteiger charge is 2.55. The predicted octanol–water partition coefficient (Wildman–Crippen LogP) is 3.78. The smallest absolute Gasteiger partial charge is 0.329 e. The van der Waals surface area contributed by atoms with Crippen molar-refractivity contribution >= 4 is 17.7 Å². The van der Waals surface area contributed by atoms with Gasteiger partial charge in [0, 0.05) is 11.0 Å². The number of nitrogens with one attached hydrogen (secondary N) is 1. The molecular formula is C25H33NO5. The van der Waals surface area contributed by atoms with Gasteiger partial charge >= 0.3 is 5.97 Å². The fraction of sp³-hybridized carbons (Fsp3) is 0.640. The second-order valence-corrected chi connectivity index (χ2v) is 10.2. The maximum Gasteiger partial charge on any atom is 0.329 e. The Kier molecular flexibility index (Phi) is 6.09. The Hall–Kier alpha value is -2.37. The molecule has 4 saturated carbocycles. The van der Waals surface area contributed by atoms with E-state index in [2.05, 4.69) is 5.32 Å². The van der Waals surface area contributed by atoms with Crippen molar-refractivity contribution in [2.45, 2.75) is 58.4 Å². The summed E-state index contributed by atoms with van der Waals surface area (Å²) in [6, 6.07) is 5.92. The van der Waals surface area contributed by atoms with E-state index in [0.717, 1.165) is 19.3 Å². The number of rotatable bonds is 8. The maximum atomic E-state index is 13.3. The average Bonchev–Trinajstić information content (AvgIpc) is 2.74. The van der Waals surface area contributed by atoms with Gasteiger partial charge in [-0.2, -0.15) is 0 Å². The van der Waals surface area contributed by atoms with Crippen molar-refractivity contribution in [2.24, 2.45) is 29.1 Å². The minimum absolute atomic E-state index is 0.00345. The highest BCUT2D eigenvalue weighted by Crippen LogP contribution is 2.60. The van der Waals surface area contributed by atoms with Crippen LogP contribution in [0.5, 0.6) is 5.75 Å². The van der Waals surface area contributed by atoms with Gasteiger partial charge in [0.1, 0.15) is 11.8 Å². The topological polar surface area (TPSA) is 81.7 Å². The standard InChI is InChI=1S/C25H33NO5/c1-15(2)22(23(28)31-14-21(27)19-4-6-20(30-3)7-5-19)26-24(29)25-11-16-8-17(12-25)10-18(9-16)13-25/h4-7,15-18,22H,8-14H2,1-3H3,(H,26,29)/t16?,17?,18?,22-,25?/m1/s1. The van der Waals surface area contributed by atoms with Gasteiger partial charge in [0.2, 0.25) is 5.91 Å². The van der Waals surface area contributed by atoms with Gasteiger partial charge in [-0.3, -0.25) is 9.59 Å². The van der Waals surface area contributed by atoms with Crippen LogP contribution in [0.15, 0.2) is 24.3 Å². The molecule has 6 heteroatoms. The van der Waals surface area contributed by atoms with Crippen molar-refractivity contribution in [3.8, 4) is 5.75 Å². The van der Waals surface area contributed by atoms with Crippen LogP contribution in [0.25, 0.3) is 0 Å². The fourth-order valence-electron chi connectivity index (χ4n) is 6.27. The molecule has 168 valence electrons. The molecule has 0 saturated heterocycles. The molecule has 0 aromatic heterocycles. The van der Waals surface area contributed by atoms with Crippen LogP contribution in [0.3, 0.4) is 0 Å². The van der Waals surface area contributed by atoms with Crippen LogP contribution in [0, 0.1) is 29.1 Å². The molecule has 1 N–H and O–H groups in total. The number of Topliss-reactive ketones (excluding diaryl/α,β-unsaturated/α-hetero) is 1. The van der Waals surface area contributed by atoms with Gasteiger partial charge in [-0.1, -0.05) is 13.8 Å². The summed E-state index contributed by atoms with van der Waals surface area (Å²) in [6.45, 7) is 3.43. The summed E-state index contributed by atoms with van der Waals surface area (Å²) in [5, 5.41) is 3.01. The van der Waals surface area contributed by atoms with Crippen LogP contribution < -0.4 is 10.1 Å². The molecule has 4 aliphatic carbocycles. The molecule has 0 aliphatic heterocycles. The summed E-state index contributed by atoms with van der Waals surface area (Å²) < 4.78 is 10.4. The lowest BCUT2D eigenvalue weighted by atomic mass is 9.49. The van der Waals surface area contributed by atoms with Gasteiger partial charge in [-0.15, -0.1) is 0 Å². The first-order valence-electron chi connectivity index (χ1n) is 11.4. The van der Waals surface area contributed by atoms with Crippen LogP contribution in [-0.2, 0) is 14.3 Å². The summed E-state index contributed by atoms with van der Waals surface area (Å²) in [4.78, 5) is 38.5. The third-order valence-corrected chi connectivity index (χ3v) is 7.48. The molecule has 31 heavy (non-hydrogen) atoms. The molecule has 0 radical (unpaired) electrons. The summed E-state index contributed by atoms with van der Waals surface area (Å²) in [6.07, 6.45) is 6.61. The van der Waals surface area contributed by atoms with E-state index in [-0.39, 0.29) is 29.6 Å². The van der Waals surface area contributed by atoms with Gasteiger partial charge < -0.3 is 14.8 Å². The maximum absolute atomic E-state index is 13.3. The van der Waals surface area contributed by atoms with Gasteiger partial charge in [0.25, 0.3) is 0 Å². The normalized spacial score (nSPS) is 29.5. The van der Waals surface area contributed by atoms with Gasteiger partial charge in [0.05, 0.1) is 7.11 Å². The Morgan fingerprint density at radius 1 is 1.00 bits per heavy atom. The fourth-order valence-corrected chi connectivity index (χ4v) is 6.27. The number of hydrogen-bond donors (Lipinski definition) is 1. The molecule has 1 atom stereocenters. The predicted molar refractivity (Wildman–Crippen MR) is 116 cm³/mol. The van der Waals surface area contributed by atoms with E-state index in [0.29, 0.717) is 29.1 Å². The van der Waals surface area contributed by atoms with Gasteiger partial charge in [-0.05, 0) is 86.5 Å². The van der Waals surface area contributed by atoms with Crippen molar-refractivity contribution < 1.29 is 23.9 Å². The quantitative estimate of drug-likeness (QED) is 0.504. The first kappa shape index (κ1) is 21.8. The van der Waals surface area contributed by atoms with Crippen molar-refractivity contribution in [1.82, 2.24) is 5.32 Å². The number of methoxy groups -OCH3 is 1. The van der Waals surface area contributed by atoms with Gasteiger partial charge in [-0.25, -0.2) is 4.79 Å². The first-order chi connectivity index (χ1) is 14.8. The van der Waals surface area contributed by atoms with Crippen LogP contribution in [0.1, 0.15) is 62.7 Å². The van der Waals surface area contributed by atoms with E-state index in [1.165, 1.54) is 19.3 Å². The minimum atomic E-state index is -0.746. The number of carbonyl (C=O) groups is 3. The molecule has 0 heterocycles. The van der Waals surface area contributed by atoms with Crippen molar-refractivity contribution in [3.63, 3.8) is 0 Å². The van der Waals surface area contributed by atoms with E-state index in [9.17, 15) is 14.4 Å². The van der Waals surface area contributed by atoms with Crippen LogP contribution in [-0.4, -0.2) is 37.4 Å². The summed E-state index contributed by atoms with van der Waals surface area (Å²) in [5.74, 6) is 1.67. The Morgan fingerprint density at radius 3 is 2.03 bits per heavy atom. The number of ether oxygens (including phenoxy) is 2. The lowest BCUT2D eigenvalue weighted by Crippen LogP contribution is -2.57. The molecule has 1 amide bonds. The average molecular weight is 428 g/mol. The van der Waals surface area contributed by atoms with E-state index in [1.54, 1.807) is 31.4 Å².